The van der Waals surface area contributed by atoms with Crippen molar-refractivity contribution in [3.8, 4) is 5.75 Å². The van der Waals surface area contributed by atoms with Crippen molar-refractivity contribution < 1.29 is 18.7 Å². The number of para-hydroxylation sites is 2. The number of benzene rings is 2. The highest BCUT2D eigenvalue weighted by atomic mass is 19.1. The Kier molecular flexibility index (Phi) is 4.56. The van der Waals surface area contributed by atoms with Gasteiger partial charge in [0.2, 0.25) is 11.8 Å². The van der Waals surface area contributed by atoms with Gasteiger partial charge in [-0.15, -0.1) is 0 Å². The van der Waals surface area contributed by atoms with E-state index in [0.717, 1.165) is 18.4 Å². The molecule has 0 bridgehead atoms. The summed E-state index contributed by atoms with van der Waals surface area (Å²) in [6.45, 7) is 0.855. The number of anilines is 2. The van der Waals surface area contributed by atoms with Gasteiger partial charge in [0.15, 0.2) is 0 Å². The van der Waals surface area contributed by atoms with Gasteiger partial charge in [-0.1, -0.05) is 18.2 Å². The second-order valence-electron chi connectivity index (χ2n) is 6.94. The quantitative estimate of drug-likeness (QED) is 0.836. The molecule has 0 aromatic heterocycles. The Morgan fingerprint density at radius 3 is 2.81 bits per heavy atom. The Morgan fingerprint density at radius 2 is 2.00 bits per heavy atom. The predicted octanol–water partition coefficient (Wildman–Crippen LogP) is 3.17. The molecule has 0 N–H and O–H groups in total. The number of methoxy groups -OCH3 is 1. The van der Waals surface area contributed by atoms with Crippen molar-refractivity contribution in [3.63, 3.8) is 0 Å². The highest BCUT2D eigenvalue weighted by Crippen LogP contribution is 2.35. The number of carbonyl (C=O) groups excluding carboxylic acids is 2. The van der Waals surface area contributed by atoms with Crippen LogP contribution >= 0.6 is 0 Å². The molecule has 0 saturated carbocycles. The second kappa shape index (κ2) is 7.02. The first-order valence-electron chi connectivity index (χ1n) is 9.11. The van der Waals surface area contributed by atoms with Crippen molar-refractivity contribution in [1.82, 2.24) is 0 Å². The van der Waals surface area contributed by atoms with Crippen LogP contribution in [0.4, 0.5) is 15.8 Å². The zero-order valence-electron chi connectivity index (χ0n) is 15.2. The summed E-state index contributed by atoms with van der Waals surface area (Å²) < 4.78 is 19.1. The van der Waals surface area contributed by atoms with E-state index in [1.54, 1.807) is 29.0 Å². The van der Waals surface area contributed by atoms with Crippen LogP contribution in [0.25, 0.3) is 0 Å². The van der Waals surface area contributed by atoms with E-state index < -0.39 is 5.92 Å². The summed E-state index contributed by atoms with van der Waals surface area (Å²) in [5.74, 6) is -0.422. The van der Waals surface area contributed by atoms with Gasteiger partial charge in [0.1, 0.15) is 11.6 Å². The highest BCUT2D eigenvalue weighted by Gasteiger charge is 2.39. The molecule has 0 radical (unpaired) electrons. The molecule has 1 saturated heterocycles. The molecule has 0 spiro atoms. The van der Waals surface area contributed by atoms with E-state index in [4.69, 9.17) is 4.74 Å². The minimum Gasteiger partial charge on any atom is -0.495 e. The number of rotatable bonds is 3. The molecular formula is C21H21FN2O3. The maximum Gasteiger partial charge on any atom is 0.232 e. The molecule has 1 atom stereocenters. The lowest BCUT2D eigenvalue weighted by atomic mass is 9.99. The van der Waals surface area contributed by atoms with Crippen molar-refractivity contribution >= 4 is 23.2 Å². The van der Waals surface area contributed by atoms with Gasteiger partial charge >= 0.3 is 0 Å². The van der Waals surface area contributed by atoms with Gasteiger partial charge in [0.05, 0.1) is 18.7 Å². The molecule has 2 aromatic carbocycles. The molecule has 2 aliphatic rings. The van der Waals surface area contributed by atoms with Crippen LogP contribution in [0.1, 0.15) is 18.4 Å². The third-order valence-corrected chi connectivity index (χ3v) is 5.28. The van der Waals surface area contributed by atoms with Crippen molar-refractivity contribution in [3.05, 3.63) is 53.8 Å². The Labute approximate surface area is 157 Å². The first kappa shape index (κ1) is 17.5. The average Bonchev–Trinajstić information content (AvgIpc) is 3.08. The summed E-state index contributed by atoms with van der Waals surface area (Å²) in [5.41, 5.74) is 2.28. The lowest BCUT2D eigenvalue weighted by Crippen LogP contribution is -2.40. The number of carbonyl (C=O) groups is 2. The van der Waals surface area contributed by atoms with E-state index in [0.29, 0.717) is 30.2 Å². The normalized spacial score (nSPS) is 19.2. The van der Waals surface area contributed by atoms with Crippen LogP contribution in [-0.4, -0.2) is 32.0 Å². The minimum atomic E-state index is -0.448. The molecule has 1 unspecified atom stereocenters. The maximum atomic E-state index is 13.7. The fourth-order valence-corrected chi connectivity index (χ4v) is 3.96. The number of fused-ring (bicyclic) bond motifs is 1. The Hall–Kier alpha value is -2.89. The fraction of sp³-hybridized carbons (Fsp3) is 0.333. The highest BCUT2D eigenvalue weighted by molar-refractivity contribution is 6.05. The molecule has 140 valence electrons. The fourth-order valence-electron chi connectivity index (χ4n) is 3.96. The maximum absolute atomic E-state index is 13.7. The van der Waals surface area contributed by atoms with E-state index in [2.05, 4.69) is 0 Å². The first-order chi connectivity index (χ1) is 13.1. The van der Waals surface area contributed by atoms with Gasteiger partial charge in [-0.05, 0) is 42.7 Å². The molecule has 2 heterocycles. The number of hydrogen-bond donors (Lipinski definition) is 0. The predicted molar refractivity (Wildman–Crippen MR) is 101 cm³/mol. The minimum absolute atomic E-state index is 0.102. The van der Waals surface area contributed by atoms with Gasteiger partial charge in [0, 0.05) is 25.2 Å². The molecule has 2 aliphatic heterocycles. The third-order valence-electron chi connectivity index (χ3n) is 5.28. The topological polar surface area (TPSA) is 49.9 Å². The van der Waals surface area contributed by atoms with Crippen LogP contribution < -0.4 is 14.5 Å². The van der Waals surface area contributed by atoms with Crippen LogP contribution in [0, 0.1) is 11.7 Å². The lowest BCUT2D eigenvalue weighted by Gasteiger charge is -2.31. The average molecular weight is 368 g/mol. The number of amides is 2. The molecule has 4 rings (SSSR count). The van der Waals surface area contributed by atoms with Gasteiger partial charge in [0.25, 0.3) is 0 Å². The Balaban J connectivity index is 1.58. The summed E-state index contributed by atoms with van der Waals surface area (Å²) in [7, 11) is 1.56. The summed E-state index contributed by atoms with van der Waals surface area (Å²) >= 11 is 0. The Morgan fingerprint density at radius 1 is 1.19 bits per heavy atom. The second-order valence-corrected chi connectivity index (χ2v) is 6.94. The smallest absolute Gasteiger partial charge is 0.232 e. The Bertz CT molecular complexity index is 899. The van der Waals surface area contributed by atoms with E-state index in [-0.39, 0.29) is 24.1 Å². The molecule has 1 fully saturated rings. The van der Waals surface area contributed by atoms with E-state index in [1.165, 1.54) is 12.1 Å². The summed E-state index contributed by atoms with van der Waals surface area (Å²) in [6, 6.07) is 11.9. The SMILES string of the molecule is COc1ccccc1N1CC(C(=O)N2CCCc3ccc(F)cc32)CC1=O. The van der Waals surface area contributed by atoms with Gasteiger partial charge < -0.3 is 14.5 Å². The summed E-state index contributed by atoms with van der Waals surface area (Å²) in [6.07, 6.45) is 1.82. The summed E-state index contributed by atoms with van der Waals surface area (Å²) in [4.78, 5) is 29.0. The first-order valence-corrected chi connectivity index (χ1v) is 9.11. The number of ether oxygens (including phenoxy) is 1. The molecule has 5 nitrogen and oxygen atoms in total. The van der Waals surface area contributed by atoms with Gasteiger partial charge in [-0.2, -0.15) is 0 Å². The van der Waals surface area contributed by atoms with E-state index >= 15 is 0 Å². The van der Waals surface area contributed by atoms with E-state index in [9.17, 15) is 14.0 Å². The van der Waals surface area contributed by atoms with Crippen LogP contribution in [0.5, 0.6) is 5.75 Å². The van der Waals surface area contributed by atoms with Crippen LogP contribution in [0.15, 0.2) is 42.5 Å². The van der Waals surface area contributed by atoms with Crippen LogP contribution in [0.3, 0.4) is 0 Å². The molecule has 27 heavy (non-hydrogen) atoms. The number of nitrogens with zero attached hydrogens (tertiary/aromatic N) is 2. The number of hydrogen-bond acceptors (Lipinski definition) is 3. The van der Waals surface area contributed by atoms with Gasteiger partial charge in [-0.25, -0.2) is 4.39 Å². The molecule has 2 aromatic rings. The van der Waals surface area contributed by atoms with E-state index in [1.807, 2.05) is 18.2 Å². The standard InChI is InChI=1S/C21H21FN2O3/c1-27-19-7-3-2-6-17(19)24-13-15(11-20(24)25)21(26)23-10-4-5-14-8-9-16(22)12-18(14)23/h2-3,6-9,12,15H,4-5,10-11,13H2,1H3. The van der Waals surface area contributed by atoms with Crippen LogP contribution in [0.2, 0.25) is 0 Å². The largest absolute Gasteiger partial charge is 0.495 e. The van der Waals surface area contributed by atoms with Crippen LogP contribution in [-0.2, 0) is 16.0 Å². The van der Waals surface area contributed by atoms with Crippen molar-refractivity contribution in [2.75, 3.05) is 30.0 Å². The zero-order chi connectivity index (χ0) is 19.0. The molecule has 6 heteroatoms. The lowest BCUT2D eigenvalue weighted by molar-refractivity contribution is -0.124. The molecule has 2 amide bonds. The third kappa shape index (κ3) is 3.16. The van der Waals surface area contributed by atoms with Gasteiger partial charge in [-0.3, -0.25) is 9.59 Å². The molecular weight excluding hydrogens is 347 g/mol. The van der Waals surface area contributed by atoms with Crippen molar-refractivity contribution in [2.45, 2.75) is 19.3 Å². The van der Waals surface area contributed by atoms with Crippen molar-refractivity contribution in [2.24, 2.45) is 5.92 Å². The summed E-state index contributed by atoms with van der Waals surface area (Å²) in [5, 5.41) is 0. The monoisotopic (exact) mass is 368 g/mol. The molecule has 0 aliphatic carbocycles. The van der Waals surface area contributed by atoms with Crippen molar-refractivity contribution in [1.29, 1.82) is 0 Å². The zero-order valence-corrected chi connectivity index (χ0v) is 15.2. The number of halogens is 1. The number of aryl methyl sites for hydroxylation is 1.